The number of methoxy groups -OCH3 is 1. The zero-order valence-electron chi connectivity index (χ0n) is 14.8. The minimum absolute atomic E-state index is 0.00973. The summed E-state index contributed by atoms with van der Waals surface area (Å²) in [7, 11) is 1.71. The summed E-state index contributed by atoms with van der Waals surface area (Å²) >= 11 is 0. The lowest BCUT2D eigenvalue weighted by molar-refractivity contribution is -0.0453. The van der Waals surface area contributed by atoms with Gasteiger partial charge in [0, 0.05) is 7.11 Å². The molecule has 3 rings (SSSR count). The van der Waals surface area contributed by atoms with Crippen LogP contribution < -0.4 is 0 Å². The van der Waals surface area contributed by atoms with Crippen LogP contribution in [0.1, 0.15) is 23.6 Å². The minimum atomic E-state index is -0.670. The van der Waals surface area contributed by atoms with Crippen LogP contribution in [0.2, 0.25) is 0 Å². The fourth-order valence-corrected chi connectivity index (χ4v) is 3.08. The third kappa shape index (κ3) is 3.65. The molecule has 0 aliphatic rings. The molecule has 0 N–H and O–H groups in total. The molecule has 0 unspecified atom stereocenters. The molecule has 2 heteroatoms. The van der Waals surface area contributed by atoms with E-state index in [0.717, 1.165) is 16.7 Å². The Hall–Kier alpha value is -2.42. The summed E-state index contributed by atoms with van der Waals surface area (Å²) in [4.78, 5) is 0. The molecule has 128 valence electrons. The Morgan fingerprint density at radius 2 is 1.04 bits per heavy atom. The topological polar surface area (TPSA) is 18.5 Å². The predicted octanol–water partition coefficient (Wildman–Crippen LogP) is 5.03. The maximum absolute atomic E-state index is 6.62. The van der Waals surface area contributed by atoms with E-state index < -0.39 is 5.60 Å². The van der Waals surface area contributed by atoms with E-state index in [0.29, 0.717) is 6.61 Å². The summed E-state index contributed by atoms with van der Waals surface area (Å²) in [5.41, 5.74) is 2.65. The molecule has 1 atom stereocenters. The van der Waals surface area contributed by atoms with Crippen LogP contribution in [0.25, 0.3) is 0 Å². The van der Waals surface area contributed by atoms with Crippen LogP contribution in [-0.4, -0.2) is 19.8 Å². The van der Waals surface area contributed by atoms with Crippen molar-refractivity contribution in [3.8, 4) is 0 Å². The normalized spacial score (nSPS) is 12.7. The van der Waals surface area contributed by atoms with Crippen molar-refractivity contribution in [1.82, 2.24) is 0 Å². The second kappa shape index (κ2) is 8.11. The smallest absolute Gasteiger partial charge is 0.143 e. The van der Waals surface area contributed by atoms with Gasteiger partial charge in [-0.15, -0.1) is 0 Å². The van der Waals surface area contributed by atoms with Crippen molar-refractivity contribution in [3.63, 3.8) is 0 Å². The molecule has 0 saturated heterocycles. The first-order valence-electron chi connectivity index (χ1n) is 8.60. The number of ether oxygens (including phenoxy) is 2. The largest absolute Gasteiger partial charge is 0.379 e. The number of hydrogen-bond donors (Lipinski definition) is 0. The second-order valence-electron chi connectivity index (χ2n) is 6.14. The van der Waals surface area contributed by atoms with Crippen molar-refractivity contribution >= 4 is 0 Å². The van der Waals surface area contributed by atoms with Gasteiger partial charge in [-0.1, -0.05) is 91.0 Å². The quantitative estimate of drug-likeness (QED) is 0.565. The van der Waals surface area contributed by atoms with Crippen molar-refractivity contribution < 1.29 is 9.47 Å². The van der Waals surface area contributed by atoms with E-state index in [1.54, 1.807) is 7.11 Å². The van der Waals surface area contributed by atoms with Crippen LogP contribution in [0, 0.1) is 0 Å². The predicted molar refractivity (Wildman–Crippen MR) is 102 cm³/mol. The molecule has 0 aliphatic carbocycles. The number of benzene rings is 3. The molecule has 0 spiro atoms. The van der Waals surface area contributed by atoms with Crippen LogP contribution in [0.15, 0.2) is 91.0 Å². The first kappa shape index (κ1) is 17.4. The van der Waals surface area contributed by atoms with E-state index >= 15 is 0 Å². The Bertz CT molecular complexity index is 657. The molecule has 25 heavy (non-hydrogen) atoms. The zero-order valence-corrected chi connectivity index (χ0v) is 14.8. The van der Waals surface area contributed by atoms with Gasteiger partial charge in [-0.2, -0.15) is 0 Å². The van der Waals surface area contributed by atoms with Gasteiger partial charge in [-0.3, -0.25) is 0 Å². The lowest BCUT2D eigenvalue weighted by Gasteiger charge is -2.36. The van der Waals surface area contributed by atoms with Gasteiger partial charge in [0.25, 0.3) is 0 Å². The van der Waals surface area contributed by atoms with Crippen molar-refractivity contribution in [2.24, 2.45) is 0 Å². The lowest BCUT2D eigenvalue weighted by atomic mass is 9.80. The van der Waals surface area contributed by atoms with E-state index in [4.69, 9.17) is 9.47 Å². The molecule has 2 nitrogen and oxygen atoms in total. The fraction of sp³-hybridized carbons (Fsp3) is 0.217. The molecule has 0 saturated carbocycles. The van der Waals surface area contributed by atoms with Crippen molar-refractivity contribution in [1.29, 1.82) is 0 Å². The molecule has 0 heterocycles. The maximum Gasteiger partial charge on any atom is 0.143 e. The van der Waals surface area contributed by atoms with Gasteiger partial charge in [0.15, 0.2) is 0 Å². The third-order valence-electron chi connectivity index (χ3n) is 4.48. The average Bonchev–Trinajstić information content (AvgIpc) is 2.71. The molecule has 3 aromatic rings. The first-order valence-corrected chi connectivity index (χ1v) is 8.60. The van der Waals surface area contributed by atoms with Crippen LogP contribution >= 0.6 is 0 Å². The highest BCUT2D eigenvalue weighted by Gasteiger charge is 2.37. The monoisotopic (exact) mass is 332 g/mol. The maximum atomic E-state index is 6.62. The van der Waals surface area contributed by atoms with E-state index in [1.165, 1.54) is 0 Å². The number of rotatable bonds is 7. The Morgan fingerprint density at radius 1 is 0.680 bits per heavy atom. The summed E-state index contributed by atoms with van der Waals surface area (Å²) in [6.07, 6.45) is 0.00973. The van der Waals surface area contributed by atoms with E-state index in [2.05, 4.69) is 72.8 Å². The highest BCUT2D eigenvalue weighted by Crippen LogP contribution is 2.40. The van der Waals surface area contributed by atoms with Gasteiger partial charge in [-0.05, 0) is 23.6 Å². The SMILES string of the molecule is CO[C@@H](C)COC(c1ccccc1)(c1ccccc1)c1ccccc1. The summed E-state index contributed by atoms with van der Waals surface area (Å²) < 4.78 is 12.0. The highest BCUT2D eigenvalue weighted by atomic mass is 16.5. The van der Waals surface area contributed by atoms with E-state index in [9.17, 15) is 0 Å². The minimum Gasteiger partial charge on any atom is -0.379 e. The highest BCUT2D eigenvalue weighted by molar-refractivity contribution is 5.47. The Kier molecular flexibility index (Phi) is 5.64. The molecule has 0 aromatic heterocycles. The zero-order chi connectivity index (χ0) is 17.5. The third-order valence-corrected chi connectivity index (χ3v) is 4.48. The van der Waals surface area contributed by atoms with E-state index in [-0.39, 0.29) is 6.10 Å². The van der Waals surface area contributed by atoms with E-state index in [1.807, 2.05) is 25.1 Å². The fourth-order valence-electron chi connectivity index (χ4n) is 3.08. The molecule has 0 radical (unpaired) electrons. The molecule has 0 aliphatic heterocycles. The summed E-state index contributed by atoms with van der Waals surface area (Å²) in [6, 6.07) is 31.2. The number of hydrogen-bond acceptors (Lipinski definition) is 2. The summed E-state index contributed by atoms with van der Waals surface area (Å²) in [5, 5.41) is 0. The first-order chi connectivity index (χ1) is 12.3. The molecule has 0 bridgehead atoms. The van der Waals surface area contributed by atoms with Gasteiger partial charge in [-0.25, -0.2) is 0 Å². The van der Waals surface area contributed by atoms with Gasteiger partial charge >= 0.3 is 0 Å². The lowest BCUT2D eigenvalue weighted by Crippen LogP contribution is -2.35. The van der Waals surface area contributed by atoms with Crippen LogP contribution in [0.5, 0.6) is 0 Å². The van der Waals surface area contributed by atoms with Gasteiger partial charge < -0.3 is 9.47 Å². The molecule has 3 aromatic carbocycles. The summed E-state index contributed by atoms with van der Waals surface area (Å²) in [6.45, 7) is 2.51. The van der Waals surface area contributed by atoms with Gasteiger partial charge in [0.1, 0.15) is 5.60 Å². The van der Waals surface area contributed by atoms with Crippen LogP contribution in [-0.2, 0) is 15.1 Å². The van der Waals surface area contributed by atoms with Crippen LogP contribution in [0.3, 0.4) is 0 Å². The van der Waals surface area contributed by atoms with Crippen molar-refractivity contribution in [2.45, 2.75) is 18.6 Å². The molecule has 0 fully saturated rings. The standard InChI is InChI=1S/C23H24O2/c1-19(24-2)18-25-23(20-12-6-3-7-13-20,21-14-8-4-9-15-21)22-16-10-5-11-17-22/h3-17,19H,18H2,1-2H3/t19-/m0/s1. The van der Waals surface area contributed by atoms with Crippen molar-refractivity contribution in [3.05, 3.63) is 108 Å². The Morgan fingerprint density at radius 3 is 1.36 bits per heavy atom. The van der Waals surface area contributed by atoms with Crippen molar-refractivity contribution in [2.75, 3.05) is 13.7 Å². The summed E-state index contributed by atoms with van der Waals surface area (Å²) in [5.74, 6) is 0. The average molecular weight is 332 g/mol. The van der Waals surface area contributed by atoms with Gasteiger partial charge in [0.2, 0.25) is 0 Å². The Balaban J connectivity index is 2.20. The molecular weight excluding hydrogens is 308 g/mol. The molecule has 0 amide bonds. The second-order valence-corrected chi connectivity index (χ2v) is 6.14. The van der Waals surface area contributed by atoms with Crippen LogP contribution in [0.4, 0.5) is 0 Å². The Labute approximate surface area is 150 Å². The molecular formula is C23H24O2. The van der Waals surface area contributed by atoms with Gasteiger partial charge in [0.05, 0.1) is 12.7 Å².